The van der Waals surface area contributed by atoms with Gasteiger partial charge in [-0.25, -0.2) is 0 Å². The number of anilines is 1. The first-order chi connectivity index (χ1) is 7.99. The zero-order valence-corrected chi connectivity index (χ0v) is 11.0. The Morgan fingerprint density at radius 2 is 2.06 bits per heavy atom. The molecule has 0 saturated carbocycles. The standard InChI is InChI=1S/C13H22N2O2/c1-9-5-10(2)13(12(6-9)17-4)15(3)7-11(14)8-16/h5-6,11,16H,7-8,14H2,1-4H3. The van der Waals surface area contributed by atoms with Crippen LogP contribution < -0.4 is 15.4 Å². The lowest BCUT2D eigenvalue weighted by Gasteiger charge is -2.26. The molecule has 0 fully saturated rings. The first-order valence-electron chi connectivity index (χ1n) is 5.72. The number of nitrogens with zero attached hydrogens (tertiary/aromatic N) is 1. The largest absolute Gasteiger partial charge is 0.495 e. The number of aliphatic hydroxyl groups is 1. The molecule has 1 rings (SSSR count). The molecule has 0 aliphatic rings. The molecule has 0 radical (unpaired) electrons. The molecule has 0 aliphatic heterocycles. The molecule has 1 atom stereocenters. The minimum absolute atomic E-state index is 0.0163. The van der Waals surface area contributed by atoms with Gasteiger partial charge in [-0.15, -0.1) is 0 Å². The van der Waals surface area contributed by atoms with Gasteiger partial charge in [-0.3, -0.25) is 0 Å². The predicted molar refractivity (Wildman–Crippen MR) is 70.8 cm³/mol. The number of aliphatic hydroxyl groups excluding tert-OH is 1. The van der Waals surface area contributed by atoms with Gasteiger partial charge in [0.15, 0.2) is 0 Å². The van der Waals surface area contributed by atoms with Crippen LogP contribution in [0.3, 0.4) is 0 Å². The van der Waals surface area contributed by atoms with E-state index in [1.54, 1.807) is 7.11 Å². The smallest absolute Gasteiger partial charge is 0.142 e. The Kier molecular flexibility index (Phi) is 4.78. The summed E-state index contributed by atoms with van der Waals surface area (Å²) in [6.07, 6.45) is 0. The van der Waals surface area contributed by atoms with Crippen LogP contribution in [-0.4, -0.2) is 38.5 Å². The number of ether oxygens (including phenoxy) is 1. The van der Waals surface area contributed by atoms with Gasteiger partial charge in [0.1, 0.15) is 5.75 Å². The Bertz CT molecular complexity index is 380. The van der Waals surface area contributed by atoms with Gasteiger partial charge in [-0.2, -0.15) is 0 Å². The Morgan fingerprint density at radius 3 is 2.59 bits per heavy atom. The topological polar surface area (TPSA) is 58.7 Å². The molecule has 3 N–H and O–H groups in total. The van der Waals surface area contributed by atoms with Crippen LogP contribution in [0.2, 0.25) is 0 Å². The second kappa shape index (κ2) is 5.89. The molecule has 0 saturated heterocycles. The molecule has 1 unspecified atom stereocenters. The van der Waals surface area contributed by atoms with Crippen molar-refractivity contribution in [2.24, 2.45) is 5.73 Å². The van der Waals surface area contributed by atoms with Crippen molar-refractivity contribution in [3.05, 3.63) is 23.3 Å². The van der Waals surface area contributed by atoms with Crippen LogP contribution in [0.4, 0.5) is 5.69 Å². The molecular weight excluding hydrogens is 216 g/mol. The maximum absolute atomic E-state index is 8.99. The van der Waals surface area contributed by atoms with Crippen molar-refractivity contribution in [3.8, 4) is 5.75 Å². The van der Waals surface area contributed by atoms with Crippen molar-refractivity contribution < 1.29 is 9.84 Å². The molecule has 96 valence electrons. The van der Waals surface area contributed by atoms with Gasteiger partial charge < -0.3 is 20.5 Å². The molecule has 17 heavy (non-hydrogen) atoms. The third-order valence-corrected chi connectivity index (χ3v) is 2.75. The van der Waals surface area contributed by atoms with Gasteiger partial charge >= 0.3 is 0 Å². The maximum Gasteiger partial charge on any atom is 0.142 e. The minimum atomic E-state index is -0.245. The number of aryl methyl sites for hydroxylation is 2. The summed E-state index contributed by atoms with van der Waals surface area (Å²) in [5.74, 6) is 0.843. The summed E-state index contributed by atoms with van der Waals surface area (Å²) in [6, 6.07) is 3.87. The minimum Gasteiger partial charge on any atom is -0.495 e. The highest BCUT2D eigenvalue weighted by Gasteiger charge is 2.14. The Morgan fingerprint density at radius 1 is 1.41 bits per heavy atom. The lowest BCUT2D eigenvalue weighted by molar-refractivity contribution is 0.267. The van der Waals surface area contributed by atoms with Gasteiger partial charge in [0.2, 0.25) is 0 Å². The number of hydrogen-bond donors (Lipinski definition) is 2. The average Bonchev–Trinajstić information content (AvgIpc) is 2.27. The first-order valence-corrected chi connectivity index (χ1v) is 5.72. The zero-order chi connectivity index (χ0) is 13.0. The van der Waals surface area contributed by atoms with Crippen molar-refractivity contribution in [2.75, 3.05) is 32.2 Å². The quantitative estimate of drug-likeness (QED) is 0.805. The van der Waals surface area contributed by atoms with Gasteiger partial charge in [0.25, 0.3) is 0 Å². The number of nitrogens with two attached hydrogens (primary N) is 1. The van der Waals surface area contributed by atoms with Crippen LogP contribution >= 0.6 is 0 Å². The summed E-state index contributed by atoms with van der Waals surface area (Å²) in [6.45, 7) is 4.67. The van der Waals surface area contributed by atoms with Crippen LogP contribution in [0.5, 0.6) is 5.75 Å². The normalized spacial score (nSPS) is 12.4. The third-order valence-electron chi connectivity index (χ3n) is 2.75. The lowest BCUT2D eigenvalue weighted by atomic mass is 10.1. The van der Waals surface area contributed by atoms with Gasteiger partial charge in [-0.05, 0) is 31.0 Å². The number of methoxy groups -OCH3 is 1. The fourth-order valence-corrected chi connectivity index (χ4v) is 2.07. The Hall–Kier alpha value is -1.26. The molecule has 0 spiro atoms. The van der Waals surface area contributed by atoms with E-state index in [9.17, 15) is 0 Å². The van der Waals surface area contributed by atoms with E-state index in [0.29, 0.717) is 6.54 Å². The maximum atomic E-state index is 8.99. The predicted octanol–water partition coefficient (Wildman–Crippen LogP) is 1.07. The van der Waals surface area contributed by atoms with E-state index in [-0.39, 0.29) is 12.6 Å². The van der Waals surface area contributed by atoms with Crippen molar-refractivity contribution in [2.45, 2.75) is 19.9 Å². The summed E-state index contributed by atoms with van der Waals surface area (Å²) < 4.78 is 5.40. The fraction of sp³-hybridized carbons (Fsp3) is 0.538. The Labute approximate surface area is 103 Å². The SMILES string of the molecule is COc1cc(C)cc(C)c1N(C)CC(N)CO. The molecule has 0 aromatic heterocycles. The summed E-state index contributed by atoms with van der Waals surface area (Å²) in [4.78, 5) is 2.02. The zero-order valence-electron chi connectivity index (χ0n) is 11.0. The molecule has 0 bridgehead atoms. The van der Waals surface area contributed by atoms with Gasteiger partial charge in [0.05, 0.1) is 19.4 Å². The molecular formula is C13H22N2O2. The number of likely N-dealkylation sites (N-methyl/N-ethyl adjacent to an activating group) is 1. The third kappa shape index (κ3) is 3.35. The summed E-state index contributed by atoms with van der Waals surface area (Å²) >= 11 is 0. The molecule has 4 heteroatoms. The summed E-state index contributed by atoms with van der Waals surface area (Å²) in [5, 5.41) is 8.99. The van der Waals surface area contributed by atoms with E-state index in [1.165, 1.54) is 5.56 Å². The van der Waals surface area contributed by atoms with Crippen molar-refractivity contribution in [3.63, 3.8) is 0 Å². The van der Waals surface area contributed by atoms with Gasteiger partial charge in [0, 0.05) is 19.6 Å². The highest BCUT2D eigenvalue weighted by atomic mass is 16.5. The number of hydrogen-bond acceptors (Lipinski definition) is 4. The van der Waals surface area contributed by atoms with E-state index in [0.717, 1.165) is 17.0 Å². The fourth-order valence-electron chi connectivity index (χ4n) is 2.07. The molecule has 1 aromatic rings. The van der Waals surface area contributed by atoms with Crippen LogP contribution in [0.15, 0.2) is 12.1 Å². The molecule has 1 aromatic carbocycles. The van der Waals surface area contributed by atoms with Crippen LogP contribution in [0.25, 0.3) is 0 Å². The van der Waals surface area contributed by atoms with E-state index in [4.69, 9.17) is 15.6 Å². The van der Waals surface area contributed by atoms with Crippen molar-refractivity contribution in [1.82, 2.24) is 0 Å². The summed E-state index contributed by atoms with van der Waals surface area (Å²) in [5.41, 5.74) is 9.10. The summed E-state index contributed by atoms with van der Waals surface area (Å²) in [7, 11) is 3.62. The van der Waals surface area contributed by atoms with E-state index >= 15 is 0 Å². The van der Waals surface area contributed by atoms with Crippen LogP contribution in [0.1, 0.15) is 11.1 Å². The monoisotopic (exact) mass is 238 g/mol. The van der Waals surface area contributed by atoms with Crippen LogP contribution in [-0.2, 0) is 0 Å². The van der Waals surface area contributed by atoms with Crippen molar-refractivity contribution in [1.29, 1.82) is 0 Å². The second-order valence-electron chi connectivity index (χ2n) is 4.46. The van der Waals surface area contributed by atoms with Gasteiger partial charge in [-0.1, -0.05) is 6.07 Å². The van der Waals surface area contributed by atoms with Crippen molar-refractivity contribution >= 4 is 5.69 Å². The number of benzene rings is 1. The Balaban J connectivity index is 3.03. The molecule has 4 nitrogen and oxygen atoms in total. The van der Waals surface area contributed by atoms with E-state index in [2.05, 4.69) is 6.07 Å². The van der Waals surface area contributed by atoms with Crippen LogP contribution in [0, 0.1) is 13.8 Å². The molecule has 0 heterocycles. The second-order valence-corrected chi connectivity index (χ2v) is 4.46. The van der Waals surface area contributed by atoms with E-state index < -0.39 is 0 Å². The lowest BCUT2D eigenvalue weighted by Crippen LogP contribution is -2.38. The highest BCUT2D eigenvalue weighted by Crippen LogP contribution is 2.32. The number of rotatable bonds is 5. The average molecular weight is 238 g/mol. The molecule has 0 amide bonds. The first kappa shape index (κ1) is 13.8. The highest BCUT2D eigenvalue weighted by molar-refractivity contribution is 5.64. The van der Waals surface area contributed by atoms with E-state index in [1.807, 2.05) is 31.9 Å². The molecule has 0 aliphatic carbocycles.